The first-order valence-corrected chi connectivity index (χ1v) is 7.43. The molecular formula is C16H20N2O3. The van der Waals surface area contributed by atoms with Gasteiger partial charge in [-0.15, -0.1) is 0 Å². The first kappa shape index (κ1) is 13.9. The molecule has 2 atom stereocenters. The Hall–Kier alpha value is -2.04. The monoisotopic (exact) mass is 288 g/mol. The molecule has 1 aliphatic heterocycles. The van der Waals surface area contributed by atoms with E-state index in [0.717, 1.165) is 12.0 Å². The number of phenolic OH excluding ortho intramolecular Hbond substituents is 1. The van der Waals surface area contributed by atoms with Crippen LogP contribution in [0.1, 0.15) is 30.7 Å². The highest BCUT2D eigenvalue weighted by Crippen LogP contribution is 2.48. The number of primary amides is 1. The lowest BCUT2D eigenvalue weighted by Crippen LogP contribution is -2.42. The molecule has 21 heavy (non-hydrogen) atoms. The second-order valence-electron chi connectivity index (χ2n) is 6.04. The molecule has 3 rings (SSSR count). The Labute approximate surface area is 123 Å². The van der Waals surface area contributed by atoms with Crippen molar-refractivity contribution in [3.05, 3.63) is 29.8 Å². The number of benzene rings is 1. The fourth-order valence-electron chi connectivity index (χ4n) is 3.18. The minimum Gasteiger partial charge on any atom is -0.508 e. The van der Waals surface area contributed by atoms with Gasteiger partial charge in [-0.25, -0.2) is 0 Å². The molecule has 1 saturated heterocycles. The summed E-state index contributed by atoms with van der Waals surface area (Å²) in [6.07, 6.45) is 2.23. The molecule has 0 bridgehead atoms. The lowest BCUT2D eigenvalue weighted by Gasteiger charge is -2.30. The van der Waals surface area contributed by atoms with Crippen molar-refractivity contribution in [1.82, 2.24) is 4.90 Å². The quantitative estimate of drug-likeness (QED) is 0.877. The third-order valence-electron chi connectivity index (χ3n) is 4.64. The molecule has 1 aromatic rings. The van der Waals surface area contributed by atoms with E-state index >= 15 is 0 Å². The summed E-state index contributed by atoms with van der Waals surface area (Å²) in [6, 6.07) is 7.08. The van der Waals surface area contributed by atoms with E-state index in [1.807, 2.05) is 17.0 Å². The molecule has 3 N–H and O–H groups in total. The Bertz CT molecular complexity index is 547. The summed E-state index contributed by atoms with van der Waals surface area (Å²) in [4.78, 5) is 25.5. The summed E-state index contributed by atoms with van der Waals surface area (Å²) in [7, 11) is 0. The predicted octanol–water partition coefficient (Wildman–Crippen LogP) is 1.22. The molecule has 1 heterocycles. The van der Waals surface area contributed by atoms with Crippen LogP contribution in [0.5, 0.6) is 5.75 Å². The maximum atomic E-state index is 12.4. The molecule has 0 aromatic heterocycles. The molecule has 112 valence electrons. The fourth-order valence-corrected chi connectivity index (χ4v) is 3.18. The Balaban J connectivity index is 1.56. The molecule has 1 saturated carbocycles. The maximum absolute atomic E-state index is 12.4. The predicted molar refractivity (Wildman–Crippen MR) is 77.5 cm³/mol. The molecule has 2 aliphatic rings. The number of carbonyl (C=O) groups is 2. The number of rotatable bonds is 3. The third kappa shape index (κ3) is 2.86. The number of nitrogens with zero attached hydrogens (tertiary/aromatic N) is 1. The van der Waals surface area contributed by atoms with Gasteiger partial charge in [0.2, 0.25) is 11.8 Å². The number of aromatic hydroxyl groups is 1. The average Bonchev–Trinajstić information content (AvgIpc) is 3.28. The zero-order valence-corrected chi connectivity index (χ0v) is 11.9. The van der Waals surface area contributed by atoms with E-state index < -0.39 is 0 Å². The molecule has 0 radical (unpaired) electrons. The summed E-state index contributed by atoms with van der Waals surface area (Å²) in [5.74, 6) is 0.426. The molecule has 0 spiro atoms. The second-order valence-corrected chi connectivity index (χ2v) is 6.04. The number of amides is 2. The van der Waals surface area contributed by atoms with Crippen molar-refractivity contribution in [1.29, 1.82) is 0 Å². The van der Waals surface area contributed by atoms with E-state index in [9.17, 15) is 14.7 Å². The number of nitrogens with two attached hydrogens (primary N) is 1. The van der Waals surface area contributed by atoms with Gasteiger partial charge in [0, 0.05) is 24.9 Å². The number of carbonyl (C=O) groups excluding carboxylic acids is 2. The highest BCUT2D eigenvalue weighted by atomic mass is 16.3. The van der Waals surface area contributed by atoms with Gasteiger partial charge in [-0.05, 0) is 42.9 Å². The highest BCUT2D eigenvalue weighted by molar-refractivity contribution is 5.83. The largest absolute Gasteiger partial charge is 0.508 e. The van der Waals surface area contributed by atoms with E-state index in [1.165, 1.54) is 0 Å². The number of phenols is 1. The van der Waals surface area contributed by atoms with Crippen molar-refractivity contribution >= 4 is 11.8 Å². The lowest BCUT2D eigenvalue weighted by molar-refractivity contribution is -0.136. The highest BCUT2D eigenvalue weighted by Gasteiger charge is 2.46. The first-order valence-electron chi connectivity index (χ1n) is 7.43. The van der Waals surface area contributed by atoms with Gasteiger partial charge in [-0.3, -0.25) is 9.59 Å². The number of hydrogen-bond donors (Lipinski definition) is 2. The molecule has 5 heteroatoms. The Morgan fingerprint density at radius 1 is 1.14 bits per heavy atom. The van der Waals surface area contributed by atoms with Crippen molar-refractivity contribution < 1.29 is 14.7 Å². The number of likely N-dealkylation sites (tertiary alicyclic amines) is 1. The van der Waals surface area contributed by atoms with E-state index in [1.54, 1.807) is 12.1 Å². The minimum atomic E-state index is -0.254. The number of piperidine rings is 1. The average molecular weight is 288 g/mol. The van der Waals surface area contributed by atoms with Crippen molar-refractivity contribution in [3.8, 4) is 5.75 Å². The van der Waals surface area contributed by atoms with Gasteiger partial charge < -0.3 is 15.7 Å². The fraction of sp³-hybridized carbons (Fsp3) is 0.500. The standard InChI is InChI=1S/C16H20N2O3/c17-15(20)11-5-7-18(8-6-11)16(21)14-9-13(14)10-1-3-12(19)4-2-10/h1-4,11,13-14,19H,5-9H2,(H2,17,20). The lowest BCUT2D eigenvalue weighted by atomic mass is 9.96. The van der Waals surface area contributed by atoms with E-state index in [-0.39, 0.29) is 35.3 Å². The summed E-state index contributed by atoms with van der Waals surface area (Å²) in [5, 5.41) is 9.29. The van der Waals surface area contributed by atoms with Crippen LogP contribution in [0.3, 0.4) is 0 Å². The normalized spacial score (nSPS) is 25.6. The van der Waals surface area contributed by atoms with Crippen LogP contribution in [-0.4, -0.2) is 34.9 Å². The second kappa shape index (κ2) is 5.39. The number of hydrogen-bond acceptors (Lipinski definition) is 3. The van der Waals surface area contributed by atoms with Crippen LogP contribution in [0.15, 0.2) is 24.3 Å². The molecule has 2 fully saturated rings. The molecular weight excluding hydrogens is 268 g/mol. The zero-order chi connectivity index (χ0) is 15.0. The van der Waals surface area contributed by atoms with Crippen molar-refractivity contribution in [2.75, 3.05) is 13.1 Å². The molecule has 2 amide bonds. The van der Waals surface area contributed by atoms with Crippen molar-refractivity contribution in [2.45, 2.75) is 25.2 Å². The van der Waals surface area contributed by atoms with Crippen LogP contribution in [0, 0.1) is 11.8 Å². The van der Waals surface area contributed by atoms with Gasteiger partial charge in [0.1, 0.15) is 5.75 Å². The van der Waals surface area contributed by atoms with Crippen molar-refractivity contribution in [3.63, 3.8) is 0 Å². The Morgan fingerprint density at radius 2 is 1.76 bits per heavy atom. The molecule has 2 unspecified atom stereocenters. The summed E-state index contributed by atoms with van der Waals surface area (Å²) >= 11 is 0. The van der Waals surface area contributed by atoms with Crippen molar-refractivity contribution in [2.24, 2.45) is 17.6 Å². The van der Waals surface area contributed by atoms with E-state index in [2.05, 4.69) is 0 Å². The summed E-state index contributed by atoms with van der Waals surface area (Å²) in [6.45, 7) is 1.26. The Kier molecular flexibility index (Phi) is 3.57. The smallest absolute Gasteiger partial charge is 0.226 e. The maximum Gasteiger partial charge on any atom is 0.226 e. The van der Waals surface area contributed by atoms with Crippen LogP contribution >= 0.6 is 0 Å². The van der Waals surface area contributed by atoms with Crippen LogP contribution in [-0.2, 0) is 9.59 Å². The third-order valence-corrected chi connectivity index (χ3v) is 4.64. The van der Waals surface area contributed by atoms with Crippen LogP contribution < -0.4 is 5.73 Å². The summed E-state index contributed by atoms with van der Waals surface area (Å²) < 4.78 is 0. The van der Waals surface area contributed by atoms with Gasteiger partial charge in [-0.1, -0.05) is 12.1 Å². The first-order chi connectivity index (χ1) is 10.1. The van der Waals surface area contributed by atoms with Gasteiger partial charge in [0.25, 0.3) is 0 Å². The summed E-state index contributed by atoms with van der Waals surface area (Å²) in [5.41, 5.74) is 6.42. The van der Waals surface area contributed by atoms with E-state index in [0.29, 0.717) is 25.9 Å². The van der Waals surface area contributed by atoms with Gasteiger partial charge in [0.05, 0.1) is 0 Å². The minimum absolute atomic E-state index is 0.0553. The van der Waals surface area contributed by atoms with Crippen LogP contribution in [0.2, 0.25) is 0 Å². The van der Waals surface area contributed by atoms with Gasteiger partial charge >= 0.3 is 0 Å². The van der Waals surface area contributed by atoms with Crippen LogP contribution in [0.25, 0.3) is 0 Å². The van der Waals surface area contributed by atoms with Crippen LogP contribution in [0.4, 0.5) is 0 Å². The van der Waals surface area contributed by atoms with E-state index in [4.69, 9.17) is 5.73 Å². The SMILES string of the molecule is NC(=O)C1CCN(C(=O)C2CC2c2ccc(O)cc2)CC1. The zero-order valence-electron chi connectivity index (χ0n) is 11.9. The molecule has 1 aliphatic carbocycles. The topological polar surface area (TPSA) is 83.6 Å². The van der Waals surface area contributed by atoms with Gasteiger partial charge in [0.15, 0.2) is 0 Å². The molecule has 1 aromatic carbocycles. The Morgan fingerprint density at radius 3 is 2.33 bits per heavy atom. The molecule has 5 nitrogen and oxygen atoms in total. The van der Waals surface area contributed by atoms with Gasteiger partial charge in [-0.2, -0.15) is 0 Å².